The van der Waals surface area contributed by atoms with Crippen LogP contribution in [0.1, 0.15) is 20.3 Å². The molecular formula is C10H20N2. The van der Waals surface area contributed by atoms with Gasteiger partial charge in [0.1, 0.15) is 0 Å². The van der Waals surface area contributed by atoms with Gasteiger partial charge in [-0.3, -0.25) is 4.90 Å². The van der Waals surface area contributed by atoms with E-state index in [2.05, 4.69) is 25.3 Å². The Morgan fingerprint density at radius 1 is 1.42 bits per heavy atom. The quantitative estimate of drug-likeness (QED) is 0.640. The van der Waals surface area contributed by atoms with E-state index in [0.717, 1.165) is 0 Å². The molecule has 1 fully saturated rings. The fourth-order valence-corrected chi connectivity index (χ4v) is 1.65. The van der Waals surface area contributed by atoms with Crippen LogP contribution in [0.25, 0.3) is 0 Å². The van der Waals surface area contributed by atoms with Crippen molar-refractivity contribution in [3.63, 3.8) is 0 Å². The first-order valence-electron chi connectivity index (χ1n) is 4.79. The summed E-state index contributed by atoms with van der Waals surface area (Å²) >= 11 is 0. The van der Waals surface area contributed by atoms with Gasteiger partial charge in [-0.1, -0.05) is 13.0 Å². The maximum atomic E-state index is 5.85. The SMILES string of the molecule is C=CC([C@@H](C)[C@H](C)N)N1CCC1. The second-order valence-electron chi connectivity index (χ2n) is 3.83. The minimum Gasteiger partial charge on any atom is -0.328 e. The minimum atomic E-state index is 0.258. The van der Waals surface area contributed by atoms with E-state index in [1.165, 1.54) is 19.5 Å². The summed E-state index contributed by atoms with van der Waals surface area (Å²) in [5.74, 6) is 0.516. The van der Waals surface area contributed by atoms with E-state index in [1.54, 1.807) is 0 Å². The lowest BCUT2D eigenvalue weighted by atomic mass is 9.92. The zero-order chi connectivity index (χ0) is 9.14. The topological polar surface area (TPSA) is 29.3 Å². The smallest absolute Gasteiger partial charge is 0.0315 e. The Morgan fingerprint density at radius 3 is 2.25 bits per heavy atom. The second-order valence-corrected chi connectivity index (χ2v) is 3.83. The molecule has 1 aliphatic heterocycles. The van der Waals surface area contributed by atoms with Crippen LogP contribution in [0.3, 0.4) is 0 Å². The van der Waals surface area contributed by atoms with Crippen LogP contribution >= 0.6 is 0 Å². The summed E-state index contributed by atoms with van der Waals surface area (Å²) in [6.45, 7) is 10.6. The van der Waals surface area contributed by atoms with Crippen LogP contribution in [0.4, 0.5) is 0 Å². The van der Waals surface area contributed by atoms with E-state index in [9.17, 15) is 0 Å². The number of hydrogen-bond acceptors (Lipinski definition) is 2. The van der Waals surface area contributed by atoms with Crippen LogP contribution in [0.2, 0.25) is 0 Å². The van der Waals surface area contributed by atoms with Gasteiger partial charge >= 0.3 is 0 Å². The number of nitrogens with two attached hydrogens (primary N) is 1. The van der Waals surface area contributed by atoms with Crippen molar-refractivity contribution in [3.8, 4) is 0 Å². The third kappa shape index (κ3) is 1.87. The predicted octanol–water partition coefficient (Wildman–Crippen LogP) is 1.23. The van der Waals surface area contributed by atoms with Crippen molar-refractivity contribution in [3.05, 3.63) is 12.7 Å². The summed E-state index contributed by atoms with van der Waals surface area (Å²) in [7, 11) is 0. The lowest BCUT2D eigenvalue weighted by molar-refractivity contribution is 0.104. The molecule has 0 aromatic heterocycles. The van der Waals surface area contributed by atoms with Gasteiger partial charge in [-0.15, -0.1) is 6.58 Å². The molecule has 0 radical (unpaired) electrons. The molecule has 0 saturated carbocycles. The molecule has 1 saturated heterocycles. The van der Waals surface area contributed by atoms with Gasteiger partial charge in [-0.2, -0.15) is 0 Å². The Morgan fingerprint density at radius 2 is 2.00 bits per heavy atom. The van der Waals surface area contributed by atoms with Crippen LogP contribution in [0.15, 0.2) is 12.7 Å². The van der Waals surface area contributed by atoms with Gasteiger partial charge in [0.2, 0.25) is 0 Å². The average molecular weight is 168 g/mol. The fourth-order valence-electron chi connectivity index (χ4n) is 1.65. The van der Waals surface area contributed by atoms with E-state index in [0.29, 0.717) is 12.0 Å². The van der Waals surface area contributed by atoms with Gasteiger partial charge in [0, 0.05) is 12.1 Å². The van der Waals surface area contributed by atoms with Crippen molar-refractivity contribution >= 4 is 0 Å². The molecule has 1 unspecified atom stereocenters. The molecule has 1 heterocycles. The molecule has 2 nitrogen and oxygen atoms in total. The summed E-state index contributed by atoms with van der Waals surface area (Å²) in [4.78, 5) is 2.45. The van der Waals surface area contributed by atoms with Gasteiger partial charge in [0.15, 0.2) is 0 Å². The van der Waals surface area contributed by atoms with Crippen LogP contribution < -0.4 is 5.73 Å². The first kappa shape index (κ1) is 9.75. The molecule has 0 aromatic carbocycles. The van der Waals surface area contributed by atoms with E-state index in [1.807, 2.05) is 6.08 Å². The Balaban J connectivity index is 2.48. The first-order valence-corrected chi connectivity index (χ1v) is 4.79. The molecule has 12 heavy (non-hydrogen) atoms. The summed E-state index contributed by atoms with van der Waals surface area (Å²) in [6, 6.07) is 0.743. The lowest BCUT2D eigenvalue weighted by Crippen LogP contribution is -2.50. The van der Waals surface area contributed by atoms with Gasteiger partial charge < -0.3 is 5.73 Å². The first-order chi connectivity index (χ1) is 5.66. The largest absolute Gasteiger partial charge is 0.328 e. The molecule has 0 spiro atoms. The lowest BCUT2D eigenvalue weighted by Gasteiger charge is -2.41. The Bertz CT molecular complexity index is 150. The van der Waals surface area contributed by atoms with Crippen molar-refractivity contribution in [1.82, 2.24) is 4.90 Å². The highest BCUT2D eigenvalue weighted by Gasteiger charge is 2.27. The van der Waals surface area contributed by atoms with Gasteiger partial charge in [-0.25, -0.2) is 0 Å². The molecule has 0 aromatic rings. The van der Waals surface area contributed by atoms with E-state index < -0.39 is 0 Å². The Hall–Kier alpha value is -0.340. The third-order valence-corrected chi connectivity index (χ3v) is 2.92. The maximum Gasteiger partial charge on any atom is 0.0315 e. The molecule has 1 rings (SSSR count). The number of likely N-dealkylation sites (tertiary alicyclic amines) is 1. The maximum absolute atomic E-state index is 5.85. The van der Waals surface area contributed by atoms with Crippen molar-refractivity contribution < 1.29 is 0 Å². The Kier molecular flexibility index (Phi) is 3.29. The monoisotopic (exact) mass is 168 g/mol. The molecular weight excluding hydrogens is 148 g/mol. The summed E-state index contributed by atoms with van der Waals surface area (Å²) in [5, 5.41) is 0. The molecule has 70 valence electrons. The normalized spacial score (nSPS) is 25.6. The van der Waals surface area contributed by atoms with E-state index in [-0.39, 0.29) is 6.04 Å². The highest BCUT2D eigenvalue weighted by atomic mass is 15.2. The molecule has 0 bridgehead atoms. The van der Waals surface area contributed by atoms with Gasteiger partial charge in [0.25, 0.3) is 0 Å². The zero-order valence-corrected chi connectivity index (χ0v) is 8.16. The third-order valence-electron chi connectivity index (χ3n) is 2.92. The number of hydrogen-bond donors (Lipinski definition) is 1. The van der Waals surface area contributed by atoms with Crippen LogP contribution in [0, 0.1) is 5.92 Å². The standard InChI is InChI=1S/C10H20N2/c1-4-10(8(2)9(3)11)12-6-5-7-12/h4,8-10H,1,5-7,11H2,2-3H3/t8-,9-,10?/m0/s1. The zero-order valence-electron chi connectivity index (χ0n) is 8.16. The van der Waals surface area contributed by atoms with Crippen molar-refractivity contribution in [1.29, 1.82) is 0 Å². The van der Waals surface area contributed by atoms with E-state index in [4.69, 9.17) is 5.73 Å². The number of rotatable bonds is 4. The highest BCUT2D eigenvalue weighted by molar-refractivity contribution is 4.96. The molecule has 2 N–H and O–H groups in total. The van der Waals surface area contributed by atoms with Crippen LogP contribution in [-0.4, -0.2) is 30.1 Å². The average Bonchev–Trinajstić information content (AvgIpc) is 1.94. The summed E-state index contributed by atoms with van der Waals surface area (Å²) < 4.78 is 0. The van der Waals surface area contributed by atoms with Gasteiger partial charge in [-0.05, 0) is 32.4 Å². The predicted molar refractivity (Wildman–Crippen MR) is 53.0 cm³/mol. The highest BCUT2D eigenvalue weighted by Crippen LogP contribution is 2.20. The van der Waals surface area contributed by atoms with Crippen molar-refractivity contribution in [2.45, 2.75) is 32.4 Å². The van der Waals surface area contributed by atoms with Crippen molar-refractivity contribution in [2.24, 2.45) is 11.7 Å². The molecule has 2 heteroatoms. The van der Waals surface area contributed by atoms with Crippen LogP contribution in [-0.2, 0) is 0 Å². The fraction of sp³-hybridized carbons (Fsp3) is 0.800. The minimum absolute atomic E-state index is 0.258. The molecule has 3 atom stereocenters. The van der Waals surface area contributed by atoms with Crippen LogP contribution in [0.5, 0.6) is 0 Å². The number of nitrogens with zero attached hydrogens (tertiary/aromatic N) is 1. The summed E-state index contributed by atoms with van der Waals surface area (Å²) in [5.41, 5.74) is 5.85. The van der Waals surface area contributed by atoms with E-state index >= 15 is 0 Å². The molecule has 0 amide bonds. The Labute approximate surface area is 75.4 Å². The summed E-state index contributed by atoms with van der Waals surface area (Å²) in [6.07, 6.45) is 3.36. The van der Waals surface area contributed by atoms with Gasteiger partial charge in [0.05, 0.1) is 0 Å². The molecule has 1 aliphatic rings. The van der Waals surface area contributed by atoms with Crippen molar-refractivity contribution in [2.75, 3.05) is 13.1 Å². The second kappa shape index (κ2) is 4.06. The molecule has 0 aliphatic carbocycles.